The number of anilines is 1. The van der Waals surface area contributed by atoms with Gasteiger partial charge < -0.3 is 5.32 Å². The first kappa shape index (κ1) is 32.2. The number of halogens is 4. The van der Waals surface area contributed by atoms with Gasteiger partial charge >= 0.3 is 6.18 Å². The Hall–Kier alpha value is -4.24. The highest BCUT2D eigenvalue weighted by Gasteiger charge is 2.35. The molecule has 0 aliphatic rings. The molecule has 0 saturated heterocycles. The van der Waals surface area contributed by atoms with Gasteiger partial charge in [0.2, 0.25) is 0 Å². The molecule has 0 atom stereocenters. The minimum absolute atomic E-state index is 0.158. The highest BCUT2D eigenvalue weighted by atomic mass is 32.2. The predicted octanol–water partition coefficient (Wildman–Crippen LogP) is 9.23. The molecule has 0 radical (unpaired) electrons. The van der Waals surface area contributed by atoms with Crippen LogP contribution in [-0.4, -0.2) is 28.8 Å². The highest BCUT2D eigenvalue weighted by molar-refractivity contribution is 7.86. The lowest BCUT2D eigenvalue weighted by Gasteiger charge is -2.11. The normalized spacial score (nSPS) is 11.8. The van der Waals surface area contributed by atoms with E-state index in [9.17, 15) is 35.3 Å². The number of alkyl halides is 3. The summed E-state index contributed by atoms with van der Waals surface area (Å²) in [6, 6.07) is 17.7. The molecule has 2 N–H and O–H groups in total. The van der Waals surface area contributed by atoms with Crippen LogP contribution >= 0.6 is 22.7 Å². The molecule has 0 bridgehead atoms. The molecule has 6 aromatic rings. The lowest BCUT2D eigenvalue weighted by atomic mass is 10.1. The maximum Gasteiger partial charge on any atom is 0.419 e. The van der Waals surface area contributed by atoms with Crippen molar-refractivity contribution >= 4 is 64.8 Å². The lowest BCUT2D eigenvalue weighted by molar-refractivity contribution is -0.140. The van der Waals surface area contributed by atoms with E-state index in [1.807, 2.05) is 32.0 Å². The monoisotopic (exact) mass is 673 g/mol. The summed E-state index contributed by atoms with van der Waals surface area (Å²) in [6.07, 6.45) is -4.93. The molecular weight excluding hydrogens is 651 g/mol. The van der Waals surface area contributed by atoms with E-state index in [1.165, 1.54) is 23.5 Å². The maximum atomic E-state index is 14.4. The first-order valence-corrected chi connectivity index (χ1v) is 16.4. The number of carbonyl (C=O) groups is 1. The standard InChI is InChI=1S/C29H17F4N3O4S3.C2H6/c1-14-5-11-21-24(25(14)43(38,39)40)42-28(36-21)16-8-12-20-22(13-16)41-27(35-20)15-6-9-17(10-7-15)34-26(37)18-3-2-4-19(23(18)30)29(31,32)33;1-2/h2-13H,1H3,(H,34,37)(H,38,39,40);1-2H3. The van der Waals surface area contributed by atoms with Crippen LogP contribution in [0.3, 0.4) is 0 Å². The molecule has 0 fully saturated rings. The zero-order valence-electron chi connectivity index (χ0n) is 23.7. The number of nitrogens with zero attached hydrogens (tertiary/aromatic N) is 2. The van der Waals surface area contributed by atoms with Crippen molar-refractivity contribution in [3.8, 4) is 21.1 Å². The van der Waals surface area contributed by atoms with Crippen LogP contribution in [0.15, 0.2) is 77.7 Å². The Kier molecular flexibility index (Phi) is 8.77. The van der Waals surface area contributed by atoms with Gasteiger partial charge in [0, 0.05) is 16.8 Å². The smallest absolute Gasteiger partial charge is 0.322 e. The second-order valence-electron chi connectivity index (χ2n) is 9.45. The van der Waals surface area contributed by atoms with Gasteiger partial charge in [-0.15, -0.1) is 22.7 Å². The third-order valence-electron chi connectivity index (χ3n) is 6.54. The Morgan fingerprint density at radius 3 is 2.16 bits per heavy atom. The van der Waals surface area contributed by atoms with Gasteiger partial charge in [-0.1, -0.05) is 26.0 Å². The van der Waals surface area contributed by atoms with Crippen molar-refractivity contribution in [1.29, 1.82) is 0 Å². The average Bonchev–Trinajstić information content (AvgIpc) is 3.61. The molecular formula is C31H23F4N3O4S3. The Morgan fingerprint density at radius 2 is 1.49 bits per heavy atom. The fourth-order valence-electron chi connectivity index (χ4n) is 4.51. The van der Waals surface area contributed by atoms with Gasteiger partial charge in [-0.2, -0.15) is 21.6 Å². The number of hydrogen-bond donors (Lipinski definition) is 2. The van der Waals surface area contributed by atoms with Crippen LogP contribution in [-0.2, 0) is 16.3 Å². The summed E-state index contributed by atoms with van der Waals surface area (Å²) in [5.41, 5.74) is 1.03. The molecule has 1 amide bonds. The summed E-state index contributed by atoms with van der Waals surface area (Å²) >= 11 is 2.54. The van der Waals surface area contributed by atoms with Crippen LogP contribution in [0.1, 0.15) is 35.3 Å². The molecule has 2 heterocycles. The van der Waals surface area contributed by atoms with Gasteiger partial charge in [0.15, 0.2) is 0 Å². The van der Waals surface area contributed by atoms with Gasteiger partial charge in [-0.3, -0.25) is 9.35 Å². The fourth-order valence-corrected chi connectivity index (χ4v) is 7.83. The van der Waals surface area contributed by atoms with Crippen molar-refractivity contribution in [2.24, 2.45) is 0 Å². The lowest BCUT2D eigenvalue weighted by Crippen LogP contribution is -2.17. The molecule has 45 heavy (non-hydrogen) atoms. The van der Waals surface area contributed by atoms with Gasteiger partial charge in [-0.25, -0.2) is 14.4 Å². The average molecular weight is 674 g/mol. The molecule has 0 aliphatic carbocycles. The zero-order chi connectivity index (χ0) is 32.7. The van der Waals surface area contributed by atoms with E-state index in [0.717, 1.165) is 33.7 Å². The Bertz CT molecular complexity index is 2180. The van der Waals surface area contributed by atoms with Crippen LogP contribution in [0.2, 0.25) is 0 Å². The number of amides is 1. The predicted molar refractivity (Wildman–Crippen MR) is 169 cm³/mol. The Morgan fingerprint density at radius 1 is 0.867 bits per heavy atom. The van der Waals surface area contributed by atoms with Crippen LogP contribution in [0, 0.1) is 12.7 Å². The topological polar surface area (TPSA) is 109 Å². The first-order chi connectivity index (χ1) is 21.3. The van der Waals surface area contributed by atoms with Crippen molar-refractivity contribution in [3.63, 3.8) is 0 Å². The summed E-state index contributed by atoms with van der Waals surface area (Å²) in [4.78, 5) is 21.6. The molecule has 0 unspecified atom stereocenters. The van der Waals surface area contributed by atoms with Crippen molar-refractivity contribution < 1.29 is 35.3 Å². The first-order valence-electron chi connectivity index (χ1n) is 13.4. The fraction of sp³-hybridized carbons (Fsp3) is 0.129. The van der Waals surface area contributed by atoms with Crippen molar-refractivity contribution in [1.82, 2.24) is 9.97 Å². The molecule has 0 saturated carbocycles. The quantitative estimate of drug-likeness (QED) is 0.140. The third kappa shape index (κ3) is 6.45. The van der Waals surface area contributed by atoms with Crippen molar-refractivity contribution in [3.05, 3.63) is 95.3 Å². The number of nitrogens with one attached hydrogen (secondary N) is 1. The van der Waals surface area contributed by atoms with Crippen LogP contribution in [0.5, 0.6) is 0 Å². The molecule has 4 aromatic carbocycles. The summed E-state index contributed by atoms with van der Waals surface area (Å²) in [5.74, 6) is -2.66. The Labute approximate surface area is 263 Å². The van der Waals surface area contributed by atoms with E-state index in [-0.39, 0.29) is 10.6 Å². The SMILES string of the molecule is CC.Cc1ccc2nc(-c3ccc4nc(-c5ccc(NC(=O)c6cccc(C(F)(F)F)c6F)cc5)sc4c3)sc2c1S(=O)(=O)O. The van der Waals surface area contributed by atoms with Gasteiger partial charge in [0.05, 0.1) is 31.6 Å². The summed E-state index contributed by atoms with van der Waals surface area (Å²) < 4.78 is 88.3. The number of rotatable bonds is 5. The van der Waals surface area contributed by atoms with E-state index >= 15 is 0 Å². The molecule has 232 valence electrons. The summed E-state index contributed by atoms with van der Waals surface area (Å²) in [7, 11) is -4.44. The third-order valence-corrected chi connectivity index (χ3v) is 9.92. The molecule has 6 rings (SSSR count). The minimum Gasteiger partial charge on any atom is -0.322 e. The van der Waals surface area contributed by atoms with E-state index in [4.69, 9.17) is 0 Å². The molecule has 14 heteroatoms. The molecule has 7 nitrogen and oxygen atoms in total. The van der Waals surface area contributed by atoms with Crippen molar-refractivity contribution in [2.75, 3.05) is 5.32 Å². The van der Waals surface area contributed by atoms with E-state index in [1.54, 1.807) is 31.2 Å². The highest BCUT2D eigenvalue weighted by Crippen LogP contribution is 2.39. The number of thiazole rings is 2. The largest absolute Gasteiger partial charge is 0.419 e. The second kappa shape index (κ2) is 12.3. The van der Waals surface area contributed by atoms with Crippen molar-refractivity contribution in [2.45, 2.75) is 31.8 Å². The van der Waals surface area contributed by atoms with Gasteiger partial charge in [0.25, 0.3) is 16.0 Å². The molecule has 0 spiro atoms. The number of aromatic nitrogens is 2. The number of hydrogen-bond acceptors (Lipinski definition) is 7. The van der Waals surface area contributed by atoms with E-state index in [2.05, 4.69) is 15.3 Å². The molecule has 0 aliphatic heterocycles. The number of fused-ring (bicyclic) bond motifs is 2. The van der Waals surface area contributed by atoms with Crippen LogP contribution < -0.4 is 5.32 Å². The number of benzene rings is 4. The van der Waals surface area contributed by atoms with Crippen LogP contribution in [0.25, 0.3) is 41.6 Å². The summed E-state index contributed by atoms with van der Waals surface area (Å²) in [6.45, 7) is 5.60. The maximum absolute atomic E-state index is 14.4. The number of aryl methyl sites for hydroxylation is 1. The van der Waals surface area contributed by atoms with Gasteiger partial charge in [-0.05, 0) is 73.2 Å². The van der Waals surface area contributed by atoms with E-state index in [0.29, 0.717) is 42.9 Å². The second-order valence-corrected chi connectivity index (χ2v) is 12.8. The number of carbonyl (C=O) groups excluding carboxylic acids is 1. The summed E-state index contributed by atoms with van der Waals surface area (Å²) in [5, 5.41) is 3.64. The zero-order valence-corrected chi connectivity index (χ0v) is 26.2. The van der Waals surface area contributed by atoms with Gasteiger partial charge in [0.1, 0.15) is 20.7 Å². The van der Waals surface area contributed by atoms with E-state index < -0.39 is 39.1 Å². The minimum atomic E-state index is -4.93. The molecule has 2 aromatic heterocycles. The van der Waals surface area contributed by atoms with Crippen LogP contribution in [0.4, 0.5) is 23.2 Å². The Balaban J connectivity index is 0.00000196.